The van der Waals surface area contributed by atoms with Gasteiger partial charge < -0.3 is 15.4 Å². The van der Waals surface area contributed by atoms with Gasteiger partial charge >= 0.3 is 7.12 Å². The van der Waals surface area contributed by atoms with Gasteiger partial charge in [0.25, 0.3) is 0 Å². The second kappa shape index (κ2) is 10.6. The van der Waals surface area contributed by atoms with Crippen LogP contribution in [-0.2, 0) is 21.2 Å². The number of nitrogens with one attached hydrogen (secondary N) is 2. The lowest BCUT2D eigenvalue weighted by atomic mass is 9.69. The molecule has 1 amide bonds. The van der Waals surface area contributed by atoms with Gasteiger partial charge in [-0.25, -0.2) is 8.42 Å². The monoisotopic (exact) mass is 481 g/mol. The first-order valence-electron chi connectivity index (χ1n) is 11.4. The van der Waals surface area contributed by atoms with Gasteiger partial charge in [0.05, 0.1) is 10.8 Å². The second-order valence-corrected chi connectivity index (χ2v) is 10.5. The van der Waals surface area contributed by atoms with Crippen LogP contribution < -0.4 is 10.0 Å². The van der Waals surface area contributed by atoms with Crippen molar-refractivity contribution in [1.29, 1.82) is 0 Å². The molecule has 1 heterocycles. The van der Waals surface area contributed by atoms with Crippen molar-refractivity contribution in [3.8, 4) is 0 Å². The Kier molecular flexibility index (Phi) is 7.62. The number of pyridine rings is 1. The summed E-state index contributed by atoms with van der Waals surface area (Å²) in [7, 11) is -5.82. The Morgan fingerprint density at radius 1 is 1.09 bits per heavy atom. The smallest absolute Gasteiger partial charge is 0.426 e. The third-order valence-corrected chi connectivity index (χ3v) is 7.86. The summed E-state index contributed by atoms with van der Waals surface area (Å²) in [6.45, 7) is 0. The Bertz CT molecular complexity index is 1230. The van der Waals surface area contributed by atoms with Crippen molar-refractivity contribution in [2.75, 3.05) is 0 Å². The van der Waals surface area contributed by atoms with E-state index in [1.807, 2.05) is 30.3 Å². The summed E-state index contributed by atoms with van der Waals surface area (Å²) in [5.41, 5.74) is 0.771. The molecular weight excluding hydrogens is 453 g/mol. The summed E-state index contributed by atoms with van der Waals surface area (Å²) in [6, 6.07) is 14.4. The Morgan fingerprint density at radius 2 is 1.85 bits per heavy atom. The molecule has 8 nitrogen and oxygen atoms in total. The Balaban J connectivity index is 1.60. The summed E-state index contributed by atoms with van der Waals surface area (Å²) >= 11 is 0. The summed E-state index contributed by atoms with van der Waals surface area (Å²) in [5, 5.41) is 23.5. The topological polar surface area (TPSA) is 129 Å². The number of aromatic nitrogens is 1. The van der Waals surface area contributed by atoms with Gasteiger partial charge in [-0.1, -0.05) is 61.7 Å². The normalized spacial score (nSPS) is 15.9. The maximum absolute atomic E-state index is 13.4. The van der Waals surface area contributed by atoms with Crippen LogP contribution in [0.1, 0.15) is 31.2 Å². The first-order valence-corrected chi connectivity index (χ1v) is 12.9. The van der Waals surface area contributed by atoms with E-state index in [2.05, 4.69) is 15.0 Å². The molecule has 1 fully saturated rings. The molecule has 2 atom stereocenters. The molecule has 4 rings (SSSR count). The molecule has 1 aromatic heterocycles. The predicted molar refractivity (Wildman–Crippen MR) is 130 cm³/mol. The standard InChI is InChI=1S/C24H28BN3O5S/c29-24(27-23(25(30)31)15-18-8-4-9-18)21(14-17-6-2-1-3-7-17)28-34(32,33)22-11-5-10-19-16-26-13-12-20(19)22/h1-3,5-7,10-13,16,18,21,23,28,30-31H,4,8-9,14-15H2,(H,27,29)/t21-,23-/m0/s1. The molecule has 0 aliphatic heterocycles. The van der Waals surface area contributed by atoms with Gasteiger partial charge in [0.2, 0.25) is 15.9 Å². The van der Waals surface area contributed by atoms with E-state index in [0.29, 0.717) is 23.1 Å². The van der Waals surface area contributed by atoms with Gasteiger partial charge in [-0.3, -0.25) is 9.78 Å². The maximum Gasteiger partial charge on any atom is 0.475 e. The summed E-state index contributed by atoms with van der Waals surface area (Å²) in [6.07, 6.45) is 6.69. The van der Waals surface area contributed by atoms with Crippen molar-refractivity contribution in [2.24, 2.45) is 5.92 Å². The highest BCUT2D eigenvalue weighted by atomic mass is 32.2. The fourth-order valence-electron chi connectivity index (χ4n) is 4.24. The van der Waals surface area contributed by atoms with E-state index in [1.54, 1.807) is 24.4 Å². The van der Waals surface area contributed by atoms with E-state index in [1.165, 1.54) is 12.3 Å². The Hall–Kier alpha value is -2.79. The van der Waals surface area contributed by atoms with Crippen LogP contribution in [-0.4, -0.2) is 48.5 Å². The molecule has 0 spiro atoms. The number of hydrogen-bond donors (Lipinski definition) is 4. The van der Waals surface area contributed by atoms with Crippen LogP contribution in [0.5, 0.6) is 0 Å². The van der Waals surface area contributed by atoms with Gasteiger partial charge in [0.1, 0.15) is 6.04 Å². The van der Waals surface area contributed by atoms with Crippen LogP contribution in [0.2, 0.25) is 0 Å². The molecule has 10 heteroatoms. The molecule has 3 aromatic rings. The highest BCUT2D eigenvalue weighted by molar-refractivity contribution is 7.89. The molecule has 1 aliphatic rings. The first kappa shape index (κ1) is 24.3. The van der Waals surface area contributed by atoms with E-state index in [0.717, 1.165) is 24.8 Å². The molecule has 0 bridgehead atoms. The lowest BCUT2D eigenvalue weighted by molar-refractivity contribution is -0.123. The number of rotatable bonds is 10. The fraction of sp³-hybridized carbons (Fsp3) is 0.333. The highest BCUT2D eigenvalue weighted by Gasteiger charge is 2.34. The average molecular weight is 481 g/mol. The molecule has 0 saturated heterocycles. The molecular formula is C24H28BN3O5S. The van der Waals surface area contributed by atoms with E-state index >= 15 is 0 Å². The molecule has 0 radical (unpaired) electrons. The Labute approximate surface area is 199 Å². The summed E-state index contributed by atoms with van der Waals surface area (Å²) in [5.74, 6) is -1.16. The Morgan fingerprint density at radius 3 is 2.53 bits per heavy atom. The average Bonchev–Trinajstić information content (AvgIpc) is 2.80. The third-order valence-electron chi connectivity index (χ3n) is 6.33. The van der Waals surface area contributed by atoms with Gasteiger partial charge in [0, 0.05) is 23.2 Å². The molecule has 34 heavy (non-hydrogen) atoms. The van der Waals surface area contributed by atoms with E-state index in [-0.39, 0.29) is 11.3 Å². The van der Waals surface area contributed by atoms with Crippen molar-refractivity contribution in [2.45, 2.75) is 49.0 Å². The van der Waals surface area contributed by atoms with Crippen LogP contribution in [0.25, 0.3) is 10.8 Å². The van der Waals surface area contributed by atoms with Gasteiger partial charge in [-0.05, 0) is 36.5 Å². The largest absolute Gasteiger partial charge is 0.475 e. The summed E-state index contributed by atoms with van der Waals surface area (Å²) in [4.78, 5) is 17.3. The molecule has 1 saturated carbocycles. The maximum atomic E-state index is 13.4. The van der Waals surface area contributed by atoms with Crippen molar-refractivity contribution >= 4 is 33.8 Å². The first-order chi connectivity index (χ1) is 16.3. The SMILES string of the molecule is O=C(N[C@@H](CC1CCC1)B(O)O)[C@H](Cc1ccccc1)NS(=O)(=O)c1cccc2cnccc12. The number of sulfonamides is 1. The zero-order chi connectivity index (χ0) is 24.1. The van der Waals surface area contributed by atoms with E-state index < -0.39 is 35.0 Å². The third kappa shape index (κ3) is 5.82. The zero-order valence-corrected chi connectivity index (χ0v) is 19.5. The lowest BCUT2D eigenvalue weighted by Gasteiger charge is -2.30. The van der Waals surface area contributed by atoms with Gasteiger partial charge in [-0.2, -0.15) is 4.72 Å². The van der Waals surface area contributed by atoms with Crippen molar-refractivity contribution in [1.82, 2.24) is 15.0 Å². The molecule has 4 N–H and O–H groups in total. The number of benzene rings is 2. The highest BCUT2D eigenvalue weighted by Crippen LogP contribution is 2.30. The number of amides is 1. The number of hydrogen-bond acceptors (Lipinski definition) is 6. The summed E-state index contributed by atoms with van der Waals surface area (Å²) < 4.78 is 29.3. The molecule has 0 unspecified atom stereocenters. The quantitative estimate of drug-likeness (QED) is 0.327. The van der Waals surface area contributed by atoms with Crippen LogP contribution >= 0.6 is 0 Å². The number of fused-ring (bicyclic) bond motifs is 1. The zero-order valence-electron chi connectivity index (χ0n) is 18.7. The molecule has 178 valence electrons. The van der Waals surface area contributed by atoms with Gasteiger partial charge in [0.15, 0.2) is 0 Å². The van der Waals surface area contributed by atoms with Crippen molar-refractivity contribution in [3.63, 3.8) is 0 Å². The lowest BCUT2D eigenvalue weighted by Crippen LogP contribution is -2.55. The van der Waals surface area contributed by atoms with Crippen molar-refractivity contribution < 1.29 is 23.3 Å². The minimum atomic E-state index is -4.09. The van der Waals surface area contributed by atoms with Gasteiger partial charge in [-0.15, -0.1) is 0 Å². The number of carbonyl (C=O) groups excluding carboxylic acids is 1. The predicted octanol–water partition coefficient (Wildman–Crippen LogP) is 1.81. The van der Waals surface area contributed by atoms with Crippen LogP contribution in [0.15, 0.2) is 71.9 Å². The van der Waals surface area contributed by atoms with E-state index in [4.69, 9.17) is 0 Å². The molecule has 2 aromatic carbocycles. The van der Waals surface area contributed by atoms with Crippen LogP contribution in [0, 0.1) is 5.92 Å². The second-order valence-electron chi connectivity index (χ2n) is 8.78. The number of carbonyl (C=O) groups is 1. The van der Waals surface area contributed by atoms with Crippen LogP contribution in [0.3, 0.4) is 0 Å². The van der Waals surface area contributed by atoms with E-state index in [9.17, 15) is 23.3 Å². The van der Waals surface area contributed by atoms with Crippen molar-refractivity contribution in [3.05, 3.63) is 72.6 Å². The minimum absolute atomic E-state index is 0.0477. The number of nitrogens with zero attached hydrogens (tertiary/aromatic N) is 1. The van der Waals surface area contributed by atoms with Crippen LogP contribution in [0.4, 0.5) is 0 Å². The fourth-order valence-corrected chi connectivity index (χ4v) is 5.67. The minimum Gasteiger partial charge on any atom is -0.426 e. The molecule has 1 aliphatic carbocycles.